The average Bonchev–Trinajstić information content (AvgIpc) is 3.11. The number of hydrogen-bond donors (Lipinski definition) is 0. The Kier molecular flexibility index (Phi) is 3.48. The van der Waals surface area contributed by atoms with Crippen molar-refractivity contribution in [2.45, 2.75) is 44.8 Å². The van der Waals surface area contributed by atoms with E-state index >= 15 is 0 Å². The van der Waals surface area contributed by atoms with Gasteiger partial charge in [-0.2, -0.15) is 0 Å². The smallest absolute Gasteiger partial charge is 0.134 e. The fourth-order valence-corrected chi connectivity index (χ4v) is 4.04. The van der Waals surface area contributed by atoms with Crippen molar-refractivity contribution in [3.63, 3.8) is 0 Å². The fourth-order valence-electron chi connectivity index (χ4n) is 4.04. The summed E-state index contributed by atoms with van der Waals surface area (Å²) in [7, 11) is 0. The van der Waals surface area contributed by atoms with Crippen LogP contribution in [-0.2, 0) is 6.54 Å². The third kappa shape index (κ3) is 2.49. The molecule has 4 rings (SSSR count). The van der Waals surface area contributed by atoms with Gasteiger partial charge in [-0.3, -0.25) is 9.80 Å². The molecule has 3 nitrogen and oxygen atoms in total. The van der Waals surface area contributed by atoms with Crippen LogP contribution >= 0.6 is 0 Å². The maximum atomic E-state index is 6.02. The SMILES string of the molecule is CC[C@@H]1CN2CCC[C@@H]2CN1Cc1cc2ccccc2o1. The summed E-state index contributed by atoms with van der Waals surface area (Å²) in [5.41, 5.74) is 1.01. The van der Waals surface area contributed by atoms with Crippen LogP contribution in [0.1, 0.15) is 31.9 Å². The highest BCUT2D eigenvalue weighted by Gasteiger charge is 2.35. The van der Waals surface area contributed by atoms with Crippen LogP contribution in [0.15, 0.2) is 34.7 Å². The maximum absolute atomic E-state index is 6.02. The van der Waals surface area contributed by atoms with Crippen LogP contribution in [-0.4, -0.2) is 41.5 Å². The summed E-state index contributed by atoms with van der Waals surface area (Å²) in [4.78, 5) is 5.34. The molecule has 2 aliphatic rings. The number of benzene rings is 1. The first kappa shape index (κ1) is 13.4. The molecule has 0 N–H and O–H groups in total. The van der Waals surface area contributed by atoms with Crippen molar-refractivity contribution < 1.29 is 4.42 Å². The van der Waals surface area contributed by atoms with Gasteiger partial charge < -0.3 is 4.42 Å². The Hall–Kier alpha value is -1.32. The highest BCUT2D eigenvalue weighted by Crippen LogP contribution is 2.28. The molecule has 3 heterocycles. The van der Waals surface area contributed by atoms with E-state index in [2.05, 4.69) is 41.0 Å². The Morgan fingerprint density at radius 2 is 2.14 bits per heavy atom. The van der Waals surface area contributed by atoms with Crippen molar-refractivity contribution >= 4 is 11.0 Å². The summed E-state index contributed by atoms with van der Waals surface area (Å²) in [6.45, 7) is 7.01. The number of piperazine rings is 1. The minimum Gasteiger partial charge on any atom is -0.460 e. The molecule has 0 radical (unpaired) electrons. The molecule has 0 saturated carbocycles. The van der Waals surface area contributed by atoms with E-state index < -0.39 is 0 Å². The third-order valence-corrected chi connectivity index (χ3v) is 5.21. The van der Waals surface area contributed by atoms with Crippen LogP contribution in [0.4, 0.5) is 0 Å². The van der Waals surface area contributed by atoms with E-state index in [9.17, 15) is 0 Å². The molecule has 0 aliphatic carbocycles. The van der Waals surface area contributed by atoms with Crippen molar-refractivity contribution in [1.29, 1.82) is 0 Å². The molecule has 2 aromatic rings. The predicted octanol–water partition coefficient (Wildman–Crippen LogP) is 3.49. The van der Waals surface area contributed by atoms with Crippen molar-refractivity contribution in [2.24, 2.45) is 0 Å². The molecule has 112 valence electrons. The van der Waals surface area contributed by atoms with E-state index in [-0.39, 0.29) is 0 Å². The molecule has 0 bridgehead atoms. The standard InChI is InChI=1S/C18H24N2O/c1-2-15-11-19-9-5-7-16(19)12-20(15)13-17-10-14-6-3-4-8-18(14)21-17/h3-4,6,8,10,15-16H,2,5,7,9,11-13H2,1H3/t15-,16-/m1/s1. The topological polar surface area (TPSA) is 19.6 Å². The monoisotopic (exact) mass is 284 g/mol. The lowest BCUT2D eigenvalue weighted by Gasteiger charge is -2.43. The zero-order valence-electron chi connectivity index (χ0n) is 12.8. The lowest BCUT2D eigenvalue weighted by molar-refractivity contribution is 0.0396. The predicted molar refractivity (Wildman–Crippen MR) is 85.3 cm³/mol. The zero-order chi connectivity index (χ0) is 14.2. The molecule has 2 atom stereocenters. The quantitative estimate of drug-likeness (QED) is 0.860. The molecule has 1 aromatic heterocycles. The lowest BCUT2D eigenvalue weighted by atomic mass is 10.0. The largest absolute Gasteiger partial charge is 0.460 e. The van der Waals surface area contributed by atoms with Gasteiger partial charge in [0, 0.05) is 30.6 Å². The van der Waals surface area contributed by atoms with Crippen LogP contribution in [0.2, 0.25) is 0 Å². The molecule has 0 unspecified atom stereocenters. The van der Waals surface area contributed by atoms with Gasteiger partial charge in [-0.25, -0.2) is 0 Å². The molecule has 3 heteroatoms. The molecule has 0 spiro atoms. The van der Waals surface area contributed by atoms with Gasteiger partial charge in [0.1, 0.15) is 11.3 Å². The third-order valence-electron chi connectivity index (χ3n) is 5.21. The van der Waals surface area contributed by atoms with Crippen molar-refractivity contribution in [3.05, 3.63) is 36.1 Å². The summed E-state index contributed by atoms with van der Waals surface area (Å²) >= 11 is 0. The van der Waals surface area contributed by atoms with E-state index in [0.717, 1.165) is 23.9 Å². The summed E-state index contributed by atoms with van der Waals surface area (Å²) < 4.78 is 6.02. The van der Waals surface area contributed by atoms with E-state index in [0.29, 0.717) is 6.04 Å². The summed E-state index contributed by atoms with van der Waals surface area (Å²) in [5, 5.41) is 1.22. The maximum Gasteiger partial charge on any atom is 0.134 e. The molecular formula is C18H24N2O. The Morgan fingerprint density at radius 1 is 1.24 bits per heavy atom. The minimum atomic E-state index is 0.674. The normalized spacial score (nSPS) is 27.3. The number of fused-ring (bicyclic) bond motifs is 2. The highest BCUT2D eigenvalue weighted by molar-refractivity contribution is 5.77. The van der Waals surface area contributed by atoms with Crippen LogP contribution in [0.25, 0.3) is 11.0 Å². The first-order valence-corrected chi connectivity index (χ1v) is 8.29. The molecule has 0 amide bonds. The number of hydrogen-bond acceptors (Lipinski definition) is 3. The molecule has 1 aromatic carbocycles. The number of para-hydroxylation sites is 1. The molecule has 2 saturated heterocycles. The molecule has 2 fully saturated rings. The van der Waals surface area contributed by atoms with Gasteiger partial charge in [0.2, 0.25) is 0 Å². The van der Waals surface area contributed by atoms with Gasteiger partial charge in [-0.1, -0.05) is 25.1 Å². The van der Waals surface area contributed by atoms with E-state index in [1.54, 1.807) is 0 Å². The van der Waals surface area contributed by atoms with Gasteiger partial charge in [-0.15, -0.1) is 0 Å². The Bertz CT molecular complexity index is 587. The number of nitrogens with zero attached hydrogens (tertiary/aromatic N) is 2. The van der Waals surface area contributed by atoms with Gasteiger partial charge in [0.25, 0.3) is 0 Å². The summed E-state index contributed by atoms with van der Waals surface area (Å²) in [6, 6.07) is 12.0. The first-order chi connectivity index (χ1) is 10.3. The van der Waals surface area contributed by atoms with Gasteiger partial charge in [0.15, 0.2) is 0 Å². The Morgan fingerprint density at radius 3 is 3.00 bits per heavy atom. The Balaban J connectivity index is 1.54. The van der Waals surface area contributed by atoms with E-state index in [4.69, 9.17) is 4.42 Å². The summed E-state index contributed by atoms with van der Waals surface area (Å²) in [6.07, 6.45) is 3.97. The van der Waals surface area contributed by atoms with Crippen LogP contribution in [0.5, 0.6) is 0 Å². The second-order valence-corrected chi connectivity index (χ2v) is 6.53. The summed E-state index contributed by atoms with van der Waals surface area (Å²) in [5.74, 6) is 1.11. The fraction of sp³-hybridized carbons (Fsp3) is 0.556. The lowest BCUT2D eigenvalue weighted by Crippen LogP contribution is -2.55. The van der Waals surface area contributed by atoms with Crippen LogP contribution in [0, 0.1) is 0 Å². The van der Waals surface area contributed by atoms with Gasteiger partial charge >= 0.3 is 0 Å². The van der Waals surface area contributed by atoms with Crippen molar-refractivity contribution in [2.75, 3.05) is 19.6 Å². The van der Waals surface area contributed by atoms with E-state index in [1.807, 2.05) is 6.07 Å². The van der Waals surface area contributed by atoms with Crippen LogP contribution in [0.3, 0.4) is 0 Å². The Labute approximate surface area is 126 Å². The average molecular weight is 284 g/mol. The number of furan rings is 1. The second kappa shape index (κ2) is 5.47. The number of rotatable bonds is 3. The molecular weight excluding hydrogens is 260 g/mol. The van der Waals surface area contributed by atoms with Crippen LogP contribution < -0.4 is 0 Å². The first-order valence-electron chi connectivity index (χ1n) is 8.29. The second-order valence-electron chi connectivity index (χ2n) is 6.53. The van der Waals surface area contributed by atoms with E-state index in [1.165, 1.54) is 44.3 Å². The van der Waals surface area contributed by atoms with Crippen molar-refractivity contribution in [3.8, 4) is 0 Å². The van der Waals surface area contributed by atoms with Crippen molar-refractivity contribution in [1.82, 2.24) is 9.80 Å². The van der Waals surface area contributed by atoms with Gasteiger partial charge in [0.05, 0.1) is 6.54 Å². The van der Waals surface area contributed by atoms with Gasteiger partial charge in [-0.05, 0) is 37.9 Å². The minimum absolute atomic E-state index is 0.674. The highest BCUT2D eigenvalue weighted by atomic mass is 16.3. The zero-order valence-corrected chi connectivity index (χ0v) is 12.8. The molecule has 2 aliphatic heterocycles. The molecule has 21 heavy (non-hydrogen) atoms.